The van der Waals surface area contributed by atoms with Gasteiger partial charge in [-0.25, -0.2) is 4.68 Å². The first kappa shape index (κ1) is 14.5. The predicted molar refractivity (Wildman–Crippen MR) is 73.9 cm³/mol. The number of nitrogens with zero attached hydrogens (tertiary/aromatic N) is 5. The molecule has 0 aliphatic carbocycles. The fourth-order valence-corrected chi connectivity index (χ4v) is 1.80. The highest BCUT2D eigenvalue weighted by Gasteiger charge is 2.08. The van der Waals surface area contributed by atoms with E-state index in [1.165, 1.54) is 10.9 Å². The van der Waals surface area contributed by atoms with Crippen molar-refractivity contribution in [3.05, 3.63) is 34.0 Å². The Morgan fingerprint density at radius 2 is 2.30 bits per heavy atom. The SMILES string of the molecule is COCCn1ncc(NCCn2ccnn2)c(Cl)c1=O. The van der Waals surface area contributed by atoms with E-state index in [0.717, 1.165) is 0 Å². The molecular formula is C11H15ClN6O2. The normalized spacial score (nSPS) is 10.7. The van der Waals surface area contributed by atoms with Crippen LogP contribution in [0.15, 0.2) is 23.4 Å². The predicted octanol–water partition coefficient (Wildman–Crippen LogP) is 0.247. The summed E-state index contributed by atoms with van der Waals surface area (Å²) in [5.41, 5.74) is 0.167. The third-order valence-corrected chi connectivity index (χ3v) is 2.99. The summed E-state index contributed by atoms with van der Waals surface area (Å²) >= 11 is 6.03. The molecule has 9 heteroatoms. The summed E-state index contributed by atoms with van der Waals surface area (Å²) in [6.45, 7) is 1.95. The molecule has 0 unspecified atom stereocenters. The molecule has 8 nitrogen and oxygen atoms in total. The molecule has 0 aliphatic heterocycles. The molecule has 0 fully saturated rings. The van der Waals surface area contributed by atoms with Gasteiger partial charge in [0, 0.05) is 19.9 Å². The van der Waals surface area contributed by atoms with Gasteiger partial charge < -0.3 is 10.1 Å². The summed E-state index contributed by atoms with van der Waals surface area (Å²) in [5, 5.41) is 14.7. The molecule has 20 heavy (non-hydrogen) atoms. The molecule has 0 amide bonds. The van der Waals surface area contributed by atoms with Gasteiger partial charge in [-0.05, 0) is 0 Å². The van der Waals surface area contributed by atoms with Crippen molar-refractivity contribution in [1.82, 2.24) is 24.8 Å². The number of nitrogens with one attached hydrogen (secondary N) is 1. The van der Waals surface area contributed by atoms with Crippen LogP contribution in [0.25, 0.3) is 0 Å². The van der Waals surface area contributed by atoms with Gasteiger partial charge in [-0.15, -0.1) is 5.10 Å². The van der Waals surface area contributed by atoms with Crippen molar-refractivity contribution in [2.75, 3.05) is 25.6 Å². The van der Waals surface area contributed by atoms with Gasteiger partial charge in [-0.3, -0.25) is 9.48 Å². The minimum Gasteiger partial charge on any atom is -0.383 e. The van der Waals surface area contributed by atoms with E-state index in [0.29, 0.717) is 31.9 Å². The molecule has 0 bridgehead atoms. The number of anilines is 1. The zero-order chi connectivity index (χ0) is 14.4. The van der Waals surface area contributed by atoms with Crippen LogP contribution in [0, 0.1) is 0 Å². The Bertz CT molecular complexity index is 597. The Labute approximate surface area is 120 Å². The molecular weight excluding hydrogens is 284 g/mol. The summed E-state index contributed by atoms with van der Waals surface area (Å²) in [6.07, 6.45) is 4.89. The number of methoxy groups -OCH3 is 1. The highest BCUT2D eigenvalue weighted by atomic mass is 35.5. The Balaban J connectivity index is 1.98. The van der Waals surface area contributed by atoms with Gasteiger partial charge in [0.15, 0.2) is 0 Å². The third-order valence-electron chi connectivity index (χ3n) is 2.62. The lowest BCUT2D eigenvalue weighted by molar-refractivity contribution is 0.182. The number of hydrogen-bond acceptors (Lipinski definition) is 6. The molecule has 0 saturated carbocycles. The van der Waals surface area contributed by atoms with Crippen molar-refractivity contribution < 1.29 is 4.74 Å². The van der Waals surface area contributed by atoms with E-state index in [9.17, 15) is 4.79 Å². The zero-order valence-corrected chi connectivity index (χ0v) is 11.7. The molecule has 0 saturated heterocycles. The highest BCUT2D eigenvalue weighted by molar-refractivity contribution is 6.32. The molecule has 0 spiro atoms. The van der Waals surface area contributed by atoms with E-state index in [1.807, 2.05) is 0 Å². The lowest BCUT2D eigenvalue weighted by Gasteiger charge is -2.09. The van der Waals surface area contributed by atoms with Crippen molar-refractivity contribution in [2.45, 2.75) is 13.1 Å². The third kappa shape index (κ3) is 3.55. The Kier molecular flexibility index (Phi) is 5.08. The van der Waals surface area contributed by atoms with E-state index in [-0.39, 0.29) is 10.6 Å². The number of hydrogen-bond donors (Lipinski definition) is 1. The summed E-state index contributed by atoms with van der Waals surface area (Å²) in [7, 11) is 1.56. The summed E-state index contributed by atoms with van der Waals surface area (Å²) in [5.74, 6) is 0. The van der Waals surface area contributed by atoms with E-state index < -0.39 is 0 Å². The van der Waals surface area contributed by atoms with Gasteiger partial charge in [-0.1, -0.05) is 16.8 Å². The fourth-order valence-electron chi connectivity index (χ4n) is 1.58. The van der Waals surface area contributed by atoms with Gasteiger partial charge in [0.1, 0.15) is 5.02 Å². The second-order valence-corrected chi connectivity index (χ2v) is 4.36. The average molecular weight is 299 g/mol. The minimum atomic E-state index is -0.338. The van der Waals surface area contributed by atoms with Crippen molar-refractivity contribution in [2.24, 2.45) is 0 Å². The number of aromatic nitrogens is 5. The van der Waals surface area contributed by atoms with Gasteiger partial charge in [0.25, 0.3) is 5.56 Å². The van der Waals surface area contributed by atoms with E-state index in [2.05, 4.69) is 20.7 Å². The van der Waals surface area contributed by atoms with Crippen LogP contribution >= 0.6 is 11.6 Å². The van der Waals surface area contributed by atoms with Gasteiger partial charge in [0.05, 0.1) is 37.8 Å². The van der Waals surface area contributed by atoms with Crippen LogP contribution in [0.4, 0.5) is 5.69 Å². The molecule has 2 aromatic rings. The van der Waals surface area contributed by atoms with Crippen molar-refractivity contribution in [3.63, 3.8) is 0 Å². The van der Waals surface area contributed by atoms with Crippen molar-refractivity contribution >= 4 is 17.3 Å². The molecule has 0 radical (unpaired) electrons. The van der Waals surface area contributed by atoms with Crippen LogP contribution in [-0.2, 0) is 17.8 Å². The maximum atomic E-state index is 11.9. The first-order chi connectivity index (χ1) is 9.72. The lowest BCUT2D eigenvalue weighted by Crippen LogP contribution is -2.26. The van der Waals surface area contributed by atoms with E-state index in [4.69, 9.17) is 16.3 Å². The van der Waals surface area contributed by atoms with Crippen molar-refractivity contribution in [3.8, 4) is 0 Å². The van der Waals surface area contributed by atoms with E-state index in [1.54, 1.807) is 24.2 Å². The van der Waals surface area contributed by atoms with Crippen LogP contribution in [0.2, 0.25) is 5.02 Å². The summed E-state index contributed by atoms with van der Waals surface area (Å²) in [4.78, 5) is 11.9. The van der Waals surface area contributed by atoms with Crippen LogP contribution < -0.4 is 10.9 Å². The average Bonchev–Trinajstić information content (AvgIpc) is 2.96. The maximum absolute atomic E-state index is 11.9. The number of halogens is 1. The van der Waals surface area contributed by atoms with Crippen molar-refractivity contribution in [1.29, 1.82) is 0 Å². The van der Waals surface area contributed by atoms with Gasteiger partial charge in [-0.2, -0.15) is 5.10 Å². The second-order valence-electron chi connectivity index (χ2n) is 3.99. The first-order valence-corrected chi connectivity index (χ1v) is 6.42. The molecule has 0 aromatic carbocycles. The maximum Gasteiger partial charge on any atom is 0.287 e. The van der Waals surface area contributed by atoms with Crippen LogP contribution in [0.1, 0.15) is 0 Å². The largest absolute Gasteiger partial charge is 0.383 e. The van der Waals surface area contributed by atoms with Gasteiger partial charge >= 0.3 is 0 Å². The smallest absolute Gasteiger partial charge is 0.287 e. The minimum absolute atomic E-state index is 0.120. The lowest BCUT2D eigenvalue weighted by atomic mass is 10.4. The number of ether oxygens (including phenoxy) is 1. The summed E-state index contributed by atoms with van der Waals surface area (Å²) < 4.78 is 7.85. The van der Waals surface area contributed by atoms with Gasteiger partial charge in [0.2, 0.25) is 0 Å². The molecule has 108 valence electrons. The second kappa shape index (κ2) is 7.01. The molecule has 1 N–H and O–H groups in total. The Morgan fingerprint density at radius 3 is 3.00 bits per heavy atom. The summed E-state index contributed by atoms with van der Waals surface area (Å²) in [6, 6.07) is 0. The zero-order valence-electron chi connectivity index (χ0n) is 11.0. The highest BCUT2D eigenvalue weighted by Crippen LogP contribution is 2.14. The van der Waals surface area contributed by atoms with E-state index >= 15 is 0 Å². The Hall–Kier alpha value is -1.93. The van der Waals surface area contributed by atoms with Crippen LogP contribution in [0.3, 0.4) is 0 Å². The topological polar surface area (TPSA) is 86.9 Å². The molecule has 2 heterocycles. The monoisotopic (exact) mass is 298 g/mol. The quantitative estimate of drug-likeness (QED) is 0.788. The number of rotatable bonds is 7. The fraction of sp³-hybridized carbons (Fsp3) is 0.455. The standard InChI is InChI=1S/C11H15ClN6O2/c1-20-7-6-18-11(19)10(12)9(8-15-18)13-2-4-17-5-3-14-16-17/h3,5,8,13H,2,4,6-7H2,1H3. The molecule has 0 aliphatic rings. The molecule has 0 atom stereocenters. The Morgan fingerprint density at radius 1 is 1.45 bits per heavy atom. The first-order valence-electron chi connectivity index (χ1n) is 6.05. The molecule has 2 aromatic heterocycles. The van der Waals surface area contributed by atoms with Crippen LogP contribution in [-0.4, -0.2) is 45.0 Å². The van der Waals surface area contributed by atoms with Crippen LogP contribution in [0.5, 0.6) is 0 Å². The molecule has 2 rings (SSSR count).